The van der Waals surface area contributed by atoms with E-state index in [0.29, 0.717) is 0 Å². The van der Waals surface area contributed by atoms with Crippen LogP contribution >= 0.6 is 0 Å². The Hall–Kier alpha value is -2.89. The Kier molecular flexibility index (Phi) is 2.87. The summed E-state index contributed by atoms with van der Waals surface area (Å²) in [6, 6.07) is 4.23. The van der Waals surface area contributed by atoms with Crippen LogP contribution in [0.4, 0.5) is 0 Å². The molecule has 6 nitrogen and oxygen atoms in total. The molecule has 23 heavy (non-hydrogen) atoms. The first kappa shape index (κ1) is 13.8. The third-order valence-corrected chi connectivity index (χ3v) is 4.08. The number of hydrogen-bond acceptors (Lipinski definition) is 4. The highest BCUT2D eigenvalue weighted by Gasteiger charge is 2.15. The number of hydrogen-bond donors (Lipinski definition) is 1. The topological polar surface area (TPSA) is 72.5 Å². The molecule has 0 amide bonds. The van der Waals surface area contributed by atoms with E-state index in [1.165, 1.54) is 0 Å². The lowest BCUT2D eigenvalue weighted by atomic mass is 10.0. The first-order valence-electron chi connectivity index (χ1n) is 7.45. The van der Waals surface area contributed by atoms with Gasteiger partial charge in [-0.1, -0.05) is 5.16 Å². The van der Waals surface area contributed by atoms with Crippen molar-refractivity contribution in [2.75, 3.05) is 0 Å². The Labute approximate surface area is 133 Å². The molecule has 0 atom stereocenters. The van der Waals surface area contributed by atoms with Crippen LogP contribution in [0.25, 0.3) is 33.5 Å². The molecule has 3 heterocycles. The zero-order valence-corrected chi connectivity index (χ0v) is 13.5. The van der Waals surface area contributed by atoms with Gasteiger partial charge in [-0.25, -0.2) is 4.98 Å². The Morgan fingerprint density at radius 1 is 1.13 bits per heavy atom. The highest BCUT2D eigenvalue weighted by Crippen LogP contribution is 2.32. The summed E-state index contributed by atoms with van der Waals surface area (Å²) in [5.41, 5.74) is 7.09. The fourth-order valence-corrected chi connectivity index (χ4v) is 3.01. The fraction of sp³-hybridized carbons (Fsp3) is 0.235. The van der Waals surface area contributed by atoms with Gasteiger partial charge in [0.25, 0.3) is 0 Å². The predicted octanol–water partition coefficient (Wildman–Crippen LogP) is 3.54. The molecule has 1 N–H and O–H groups in total. The van der Waals surface area contributed by atoms with Gasteiger partial charge in [-0.05, 0) is 44.0 Å². The Morgan fingerprint density at radius 2 is 1.96 bits per heavy atom. The van der Waals surface area contributed by atoms with Crippen molar-refractivity contribution in [2.45, 2.75) is 20.8 Å². The van der Waals surface area contributed by atoms with E-state index in [4.69, 9.17) is 9.51 Å². The number of H-pyrrole nitrogens is 1. The summed E-state index contributed by atoms with van der Waals surface area (Å²) >= 11 is 0. The highest BCUT2D eigenvalue weighted by atomic mass is 16.5. The average molecular weight is 307 g/mol. The number of aromatic nitrogens is 5. The molecular weight excluding hydrogens is 290 g/mol. The number of imidazole rings is 1. The average Bonchev–Trinajstić information content (AvgIpc) is 3.18. The van der Waals surface area contributed by atoms with Crippen LogP contribution in [0.2, 0.25) is 0 Å². The van der Waals surface area contributed by atoms with E-state index in [2.05, 4.69) is 34.3 Å². The van der Waals surface area contributed by atoms with Crippen molar-refractivity contribution >= 4 is 11.0 Å². The summed E-state index contributed by atoms with van der Waals surface area (Å²) in [6.07, 6.45) is 3.75. The van der Waals surface area contributed by atoms with Gasteiger partial charge in [0.2, 0.25) is 0 Å². The lowest BCUT2D eigenvalue weighted by Crippen LogP contribution is -1.85. The molecule has 0 bridgehead atoms. The van der Waals surface area contributed by atoms with E-state index in [9.17, 15) is 0 Å². The van der Waals surface area contributed by atoms with Gasteiger partial charge in [0.15, 0.2) is 0 Å². The normalized spacial score (nSPS) is 11.5. The second kappa shape index (κ2) is 4.81. The van der Waals surface area contributed by atoms with Crippen molar-refractivity contribution in [1.82, 2.24) is 24.9 Å². The van der Waals surface area contributed by atoms with Gasteiger partial charge >= 0.3 is 0 Å². The molecule has 0 saturated heterocycles. The highest BCUT2D eigenvalue weighted by molar-refractivity contribution is 5.87. The molecule has 0 radical (unpaired) electrons. The van der Waals surface area contributed by atoms with Gasteiger partial charge in [0.1, 0.15) is 11.6 Å². The van der Waals surface area contributed by atoms with Crippen LogP contribution in [0, 0.1) is 20.8 Å². The number of fused-ring (bicyclic) bond motifs is 1. The van der Waals surface area contributed by atoms with E-state index in [1.807, 2.05) is 33.3 Å². The second-order valence-corrected chi connectivity index (χ2v) is 5.88. The van der Waals surface area contributed by atoms with Gasteiger partial charge in [-0.2, -0.15) is 5.10 Å². The van der Waals surface area contributed by atoms with Gasteiger partial charge in [-0.3, -0.25) is 4.68 Å². The summed E-state index contributed by atoms with van der Waals surface area (Å²) in [6.45, 7) is 5.96. The minimum absolute atomic E-state index is 0.826. The molecule has 3 aromatic heterocycles. The Morgan fingerprint density at radius 3 is 2.61 bits per heavy atom. The van der Waals surface area contributed by atoms with Crippen molar-refractivity contribution in [1.29, 1.82) is 0 Å². The molecule has 116 valence electrons. The molecular formula is C17H17N5O. The predicted molar refractivity (Wildman–Crippen MR) is 88.0 cm³/mol. The van der Waals surface area contributed by atoms with Crippen LogP contribution in [0.15, 0.2) is 29.0 Å². The third-order valence-electron chi connectivity index (χ3n) is 4.08. The SMILES string of the molecule is Cc1noc(C)c1-c1cc(C)c2nc(-c3cnn(C)c3)[nH]c2c1. The van der Waals surface area contributed by atoms with E-state index >= 15 is 0 Å². The molecule has 4 rings (SSSR count). The lowest BCUT2D eigenvalue weighted by molar-refractivity contribution is 0.393. The molecule has 0 aliphatic carbocycles. The van der Waals surface area contributed by atoms with Crippen molar-refractivity contribution in [2.24, 2.45) is 7.05 Å². The number of rotatable bonds is 2. The summed E-state index contributed by atoms with van der Waals surface area (Å²) < 4.78 is 7.06. The van der Waals surface area contributed by atoms with Gasteiger partial charge in [-0.15, -0.1) is 0 Å². The van der Waals surface area contributed by atoms with Crippen molar-refractivity contribution < 1.29 is 4.52 Å². The van der Waals surface area contributed by atoms with Crippen molar-refractivity contribution in [3.8, 4) is 22.5 Å². The molecule has 6 heteroatoms. The number of aromatic amines is 1. The summed E-state index contributed by atoms with van der Waals surface area (Å²) in [5, 5.41) is 8.25. The van der Waals surface area contributed by atoms with E-state index in [1.54, 1.807) is 4.68 Å². The first-order valence-corrected chi connectivity index (χ1v) is 7.45. The van der Waals surface area contributed by atoms with Crippen LogP contribution in [-0.4, -0.2) is 24.9 Å². The largest absolute Gasteiger partial charge is 0.361 e. The van der Waals surface area contributed by atoms with E-state index < -0.39 is 0 Å². The third kappa shape index (κ3) is 2.14. The number of nitrogens with zero attached hydrogens (tertiary/aromatic N) is 4. The van der Waals surface area contributed by atoms with Crippen LogP contribution in [-0.2, 0) is 7.05 Å². The fourth-order valence-electron chi connectivity index (χ4n) is 3.01. The van der Waals surface area contributed by atoms with Crippen LogP contribution in [0.3, 0.4) is 0 Å². The maximum Gasteiger partial charge on any atom is 0.141 e. The van der Waals surface area contributed by atoms with Gasteiger partial charge < -0.3 is 9.51 Å². The summed E-state index contributed by atoms with van der Waals surface area (Å²) in [7, 11) is 1.90. The quantitative estimate of drug-likeness (QED) is 0.614. The monoisotopic (exact) mass is 307 g/mol. The van der Waals surface area contributed by atoms with Crippen molar-refractivity contribution in [3.63, 3.8) is 0 Å². The maximum atomic E-state index is 5.29. The molecule has 1 aromatic carbocycles. The Balaban J connectivity index is 1.91. The van der Waals surface area contributed by atoms with Crippen LogP contribution in [0.5, 0.6) is 0 Å². The Bertz CT molecular complexity index is 1000. The zero-order valence-electron chi connectivity index (χ0n) is 13.5. The number of aryl methyl sites for hydroxylation is 4. The number of benzene rings is 1. The van der Waals surface area contributed by atoms with Gasteiger partial charge in [0.05, 0.1) is 28.5 Å². The summed E-state index contributed by atoms with van der Waals surface area (Å²) in [5.74, 6) is 1.65. The molecule has 0 aliphatic rings. The minimum Gasteiger partial charge on any atom is -0.361 e. The molecule has 0 aliphatic heterocycles. The van der Waals surface area contributed by atoms with Crippen molar-refractivity contribution in [3.05, 3.63) is 41.5 Å². The lowest BCUT2D eigenvalue weighted by Gasteiger charge is -2.03. The smallest absolute Gasteiger partial charge is 0.141 e. The summed E-state index contributed by atoms with van der Waals surface area (Å²) in [4.78, 5) is 8.11. The van der Waals surface area contributed by atoms with E-state index in [-0.39, 0.29) is 0 Å². The molecule has 0 unspecified atom stereocenters. The zero-order chi connectivity index (χ0) is 16.1. The van der Waals surface area contributed by atoms with Gasteiger partial charge in [0, 0.05) is 18.8 Å². The second-order valence-electron chi connectivity index (χ2n) is 5.88. The standard InChI is InChI=1S/C17H17N5O/c1-9-5-12(15-10(2)21-23-11(15)3)6-14-16(9)20-17(19-14)13-7-18-22(4)8-13/h5-8H,1-4H3,(H,19,20). The number of nitrogens with one attached hydrogen (secondary N) is 1. The van der Waals surface area contributed by atoms with Crippen LogP contribution < -0.4 is 0 Å². The molecule has 4 aromatic rings. The minimum atomic E-state index is 0.826. The first-order chi connectivity index (χ1) is 11.0. The molecule has 0 saturated carbocycles. The molecule has 0 spiro atoms. The molecule has 0 fully saturated rings. The van der Waals surface area contributed by atoms with E-state index in [0.717, 1.165) is 50.6 Å². The maximum absolute atomic E-state index is 5.29. The van der Waals surface area contributed by atoms with Crippen LogP contribution in [0.1, 0.15) is 17.0 Å².